The molecule has 0 bridgehead atoms. The minimum Gasteiger partial charge on any atom is -0.385 e. The topological polar surface area (TPSA) is 93.0 Å². The van der Waals surface area contributed by atoms with Gasteiger partial charge in [0.15, 0.2) is 0 Å². The molecule has 1 aromatic heterocycles. The van der Waals surface area contributed by atoms with Crippen LogP contribution in [0.15, 0.2) is 60.7 Å². The zero-order chi connectivity index (χ0) is 26.1. The van der Waals surface area contributed by atoms with Crippen LogP contribution < -0.4 is 0 Å². The number of nitrogens with zero attached hydrogens (tertiary/aromatic N) is 3. The molecule has 1 heterocycles. The Morgan fingerprint density at radius 1 is 1.00 bits per heavy atom. The van der Waals surface area contributed by atoms with Gasteiger partial charge in [0.25, 0.3) is 11.6 Å². The summed E-state index contributed by atoms with van der Waals surface area (Å²) in [6.07, 6.45) is 0.534. The summed E-state index contributed by atoms with van der Waals surface area (Å²) in [5.74, 6) is -0.619. The zero-order valence-corrected chi connectivity index (χ0v) is 21.6. The molecule has 3 rings (SSSR count). The van der Waals surface area contributed by atoms with Crippen LogP contribution in [0.1, 0.15) is 37.7 Å². The molecule has 0 radical (unpaired) electrons. The number of carbonyl (C=O) groups excluding carboxylic acids is 2. The molecule has 2 amide bonds. The van der Waals surface area contributed by atoms with Crippen LogP contribution in [0.2, 0.25) is 0 Å². The molecule has 9 heteroatoms. The fourth-order valence-electron chi connectivity index (χ4n) is 3.83. The number of thiophene rings is 1. The predicted molar refractivity (Wildman–Crippen MR) is 140 cm³/mol. The third kappa shape index (κ3) is 7.47. The van der Waals surface area contributed by atoms with Crippen molar-refractivity contribution in [3.8, 4) is 0 Å². The minimum absolute atomic E-state index is 0.122. The van der Waals surface area contributed by atoms with E-state index in [0.717, 1.165) is 15.3 Å². The van der Waals surface area contributed by atoms with Crippen LogP contribution in [0, 0.1) is 24.0 Å². The van der Waals surface area contributed by atoms with E-state index in [4.69, 9.17) is 4.74 Å². The quantitative estimate of drug-likeness (QED) is 0.195. The van der Waals surface area contributed by atoms with Gasteiger partial charge in [-0.3, -0.25) is 19.7 Å². The Kier molecular flexibility index (Phi) is 9.72. The van der Waals surface area contributed by atoms with Crippen molar-refractivity contribution in [2.75, 3.05) is 26.8 Å². The predicted octanol–water partition coefficient (Wildman–Crippen LogP) is 4.98. The van der Waals surface area contributed by atoms with Gasteiger partial charge in [0.1, 0.15) is 6.54 Å². The van der Waals surface area contributed by atoms with Gasteiger partial charge in [0.2, 0.25) is 5.91 Å². The Balaban J connectivity index is 1.85. The maximum absolute atomic E-state index is 13.6. The number of rotatable bonds is 12. The summed E-state index contributed by atoms with van der Waals surface area (Å²) in [6, 6.07) is 18.2. The monoisotopic (exact) mass is 509 g/mol. The van der Waals surface area contributed by atoms with E-state index in [-0.39, 0.29) is 30.2 Å². The summed E-state index contributed by atoms with van der Waals surface area (Å²) in [5, 5.41) is 11.4. The van der Waals surface area contributed by atoms with Gasteiger partial charge in [0, 0.05) is 53.8 Å². The molecule has 8 nitrogen and oxygen atoms in total. The fourth-order valence-corrected chi connectivity index (χ4v) is 4.74. The van der Waals surface area contributed by atoms with Gasteiger partial charge < -0.3 is 14.5 Å². The molecule has 0 unspecified atom stereocenters. The van der Waals surface area contributed by atoms with E-state index < -0.39 is 10.8 Å². The third-order valence-electron chi connectivity index (χ3n) is 5.75. The van der Waals surface area contributed by atoms with Crippen LogP contribution in [0.5, 0.6) is 0 Å². The van der Waals surface area contributed by atoms with Gasteiger partial charge >= 0.3 is 0 Å². The summed E-state index contributed by atoms with van der Waals surface area (Å²) >= 11 is 1.63. The highest BCUT2D eigenvalue weighted by molar-refractivity contribution is 7.11. The van der Waals surface area contributed by atoms with E-state index in [9.17, 15) is 19.7 Å². The first-order chi connectivity index (χ1) is 17.3. The fraction of sp³-hybridized carbons (Fsp3) is 0.333. The van der Waals surface area contributed by atoms with Crippen molar-refractivity contribution in [3.63, 3.8) is 0 Å². The smallest absolute Gasteiger partial charge is 0.273 e. The van der Waals surface area contributed by atoms with Crippen LogP contribution in [0.25, 0.3) is 0 Å². The van der Waals surface area contributed by atoms with Gasteiger partial charge in [-0.1, -0.05) is 36.4 Å². The molecule has 2 aromatic carbocycles. The van der Waals surface area contributed by atoms with Gasteiger partial charge in [0.05, 0.1) is 11.5 Å². The van der Waals surface area contributed by atoms with Crippen LogP contribution in [0.4, 0.5) is 5.69 Å². The summed E-state index contributed by atoms with van der Waals surface area (Å²) in [6.45, 7) is 5.07. The second-order valence-corrected chi connectivity index (χ2v) is 9.95. The van der Waals surface area contributed by atoms with Crippen molar-refractivity contribution in [2.45, 2.75) is 33.4 Å². The summed E-state index contributed by atoms with van der Waals surface area (Å²) < 4.78 is 5.14. The number of nitro groups is 1. The van der Waals surface area contributed by atoms with E-state index in [1.807, 2.05) is 49.4 Å². The lowest BCUT2D eigenvalue weighted by molar-refractivity contribution is -0.385. The normalized spacial score (nSPS) is 10.8. The molecule has 0 fully saturated rings. The molecule has 36 heavy (non-hydrogen) atoms. The number of methoxy groups -OCH3 is 1. The number of nitro benzene ring substituents is 1. The molecule has 190 valence electrons. The van der Waals surface area contributed by atoms with Crippen molar-refractivity contribution in [3.05, 3.63) is 97.2 Å². The maximum atomic E-state index is 13.6. The summed E-state index contributed by atoms with van der Waals surface area (Å²) in [5.41, 5.74) is 1.52. The third-order valence-corrected chi connectivity index (χ3v) is 6.74. The number of ether oxygens (including phenoxy) is 1. The molecule has 0 atom stereocenters. The minimum atomic E-state index is -0.503. The number of amides is 2. The standard InChI is InChI=1S/C27H31N3O5S/c1-20-10-12-23(16-25(20)30(33)34)27(32)28(14-7-15-35-3)19-26(31)29(17-22-8-5-4-6-9-22)18-24-13-11-21(2)36-24/h4-6,8-13,16H,7,14-15,17-19H2,1-3H3. The first kappa shape index (κ1) is 27.0. The first-order valence-electron chi connectivity index (χ1n) is 11.7. The summed E-state index contributed by atoms with van der Waals surface area (Å²) in [7, 11) is 1.57. The second kappa shape index (κ2) is 12.9. The molecule has 0 aliphatic carbocycles. The van der Waals surface area contributed by atoms with Crippen molar-refractivity contribution >= 4 is 28.8 Å². The Morgan fingerprint density at radius 2 is 1.75 bits per heavy atom. The van der Waals surface area contributed by atoms with Gasteiger partial charge in [-0.05, 0) is 44.0 Å². The van der Waals surface area contributed by atoms with Crippen LogP contribution in [-0.4, -0.2) is 53.3 Å². The van der Waals surface area contributed by atoms with E-state index in [1.165, 1.54) is 11.0 Å². The summed E-state index contributed by atoms with van der Waals surface area (Å²) in [4.78, 5) is 43.3. The number of hydrogen-bond acceptors (Lipinski definition) is 6. The van der Waals surface area contributed by atoms with Crippen molar-refractivity contribution in [1.29, 1.82) is 0 Å². The number of aryl methyl sites for hydroxylation is 2. The van der Waals surface area contributed by atoms with Crippen LogP contribution >= 0.6 is 11.3 Å². The number of hydrogen-bond donors (Lipinski definition) is 0. The van der Waals surface area contributed by atoms with E-state index in [2.05, 4.69) is 0 Å². The molecule has 3 aromatic rings. The van der Waals surface area contributed by atoms with E-state index in [1.54, 1.807) is 42.4 Å². The molecule has 0 aliphatic heterocycles. The van der Waals surface area contributed by atoms with Crippen molar-refractivity contribution in [1.82, 2.24) is 9.80 Å². The van der Waals surface area contributed by atoms with E-state index in [0.29, 0.717) is 31.7 Å². The first-order valence-corrected chi connectivity index (χ1v) is 12.5. The molecular weight excluding hydrogens is 478 g/mol. The average molecular weight is 510 g/mol. The van der Waals surface area contributed by atoms with Crippen molar-refractivity contribution < 1.29 is 19.2 Å². The zero-order valence-electron chi connectivity index (χ0n) is 20.8. The average Bonchev–Trinajstić information content (AvgIpc) is 3.27. The Morgan fingerprint density at radius 3 is 2.39 bits per heavy atom. The molecular formula is C27H31N3O5S. The van der Waals surface area contributed by atoms with Crippen LogP contribution in [-0.2, 0) is 22.6 Å². The lowest BCUT2D eigenvalue weighted by atomic mass is 10.1. The highest BCUT2D eigenvalue weighted by Gasteiger charge is 2.24. The van der Waals surface area contributed by atoms with Gasteiger partial charge in [-0.25, -0.2) is 0 Å². The Bertz CT molecular complexity index is 1200. The Hall–Kier alpha value is -3.56. The lowest BCUT2D eigenvalue weighted by Gasteiger charge is -2.28. The molecule has 0 N–H and O–H groups in total. The molecule has 0 spiro atoms. The molecule has 0 aliphatic rings. The number of carbonyl (C=O) groups is 2. The van der Waals surface area contributed by atoms with Gasteiger partial charge in [-0.15, -0.1) is 11.3 Å². The lowest BCUT2D eigenvalue weighted by Crippen LogP contribution is -2.43. The van der Waals surface area contributed by atoms with E-state index >= 15 is 0 Å². The molecule has 0 saturated carbocycles. The maximum Gasteiger partial charge on any atom is 0.273 e. The highest BCUT2D eigenvalue weighted by Crippen LogP contribution is 2.22. The SMILES string of the molecule is COCCCN(CC(=O)N(Cc1ccccc1)Cc1ccc(C)s1)C(=O)c1ccc(C)c([N+](=O)[O-])c1. The Labute approximate surface area is 215 Å². The largest absolute Gasteiger partial charge is 0.385 e. The molecule has 0 saturated heterocycles. The van der Waals surface area contributed by atoms with Crippen LogP contribution in [0.3, 0.4) is 0 Å². The number of benzene rings is 2. The van der Waals surface area contributed by atoms with Gasteiger partial charge in [-0.2, -0.15) is 0 Å². The van der Waals surface area contributed by atoms with Crippen molar-refractivity contribution in [2.24, 2.45) is 0 Å². The highest BCUT2D eigenvalue weighted by atomic mass is 32.1. The second-order valence-electron chi connectivity index (χ2n) is 8.58.